The SMILES string of the molecule is C=CCNC(=O)NC(=O)CSc1nnc(-c2ccco2)o1. The smallest absolute Gasteiger partial charge is 0.321 e. The van der Waals surface area contributed by atoms with Crippen LogP contribution in [0.4, 0.5) is 4.79 Å². The molecule has 2 heterocycles. The Kier molecular flexibility index (Phi) is 5.16. The van der Waals surface area contributed by atoms with Crippen molar-refractivity contribution in [3.05, 3.63) is 31.1 Å². The third kappa shape index (κ3) is 4.49. The highest BCUT2D eigenvalue weighted by Crippen LogP contribution is 2.22. The number of thioether (sulfide) groups is 1. The van der Waals surface area contributed by atoms with Crippen molar-refractivity contribution in [2.75, 3.05) is 12.3 Å². The van der Waals surface area contributed by atoms with Crippen LogP contribution in [-0.4, -0.2) is 34.4 Å². The number of amides is 3. The van der Waals surface area contributed by atoms with Crippen molar-refractivity contribution in [3.63, 3.8) is 0 Å². The number of aromatic nitrogens is 2. The molecule has 0 unspecified atom stereocenters. The van der Waals surface area contributed by atoms with Crippen LogP contribution in [0.1, 0.15) is 0 Å². The molecule has 0 aromatic carbocycles. The summed E-state index contributed by atoms with van der Waals surface area (Å²) in [4.78, 5) is 22.7. The molecule has 3 amide bonds. The van der Waals surface area contributed by atoms with Gasteiger partial charge in [-0.3, -0.25) is 10.1 Å². The number of carbonyl (C=O) groups is 2. The Hall–Kier alpha value is -2.55. The standard InChI is InChI=1S/C12H12N4O4S/c1-2-5-13-11(18)14-9(17)7-21-12-16-15-10(20-12)8-4-3-6-19-8/h2-4,6H,1,5,7H2,(H2,13,14,17,18). The van der Waals surface area contributed by atoms with E-state index in [0.717, 1.165) is 11.8 Å². The minimum atomic E-state index is -0.581. The van der Waals surface area contributed by atoms with Gasteiger partial charge in [0.15, 0.2) is 5.76 Å². The molecule has 0 bridgehead atoms. The van der Waals surface area contributed by atoms with Crippen molar-refractivity contribution in [1.29, 1.82) is 0 Å². The predicted octanol–water partition coefficient (Wildman–Crippen LogP) is 1.43. The quantitative estimate of drug-likeness (QED) is 0.613. The second-order valence-corrected chi connectivity index (χ2v) is 4.61. The second kappa shape index (κ2) is 7.29. The number of nitrogens with one attached hydrogen (secondary N) is 2. The molecule has 0 aliphatic rings. The van der Waals surface area contributed by atoms with E-state index in [1.807, 2.05) is 0 Å². The minimum absolute atomic E-state index is 0.0265. The highest BCUT2D eigenvalue weighted by atomic mass is 32.2. The third-order valence-electron chi connectivity index (χ3n) is 2.13. The number of imide groups is 1. The molecule has 2 N–H and O–H groups in total. The van der Waals surface area contributed by atoms with E-state index in [1.165, 1.54) is 12.3 Å². The molecule has 2 rings (SSSR count). The Labute approximate surface area is 124 Å². The van der Waals surface area contributed by atoms with Gasteiger partial charge in [-0.25, -0.2) is 4.79 Å². The van der Waals surface area contributed by atoms with E-state index in [-0.39, 0.29) is 23.4 Å². The molecule has 0 spiro atoms. The van der Waals surface area contributed by atoms with Crippen LogP contribution in [0.3, 0.4) is 0 Å². The first-order valence-corrected chi connectivity index (χ1v) is 6.86. The van der Waals surface area contributed by atoms with E-state index < -0.39 is 11.9 Å². The van der Waals surface area contributed by atoms with Gasteiger partial charge in [-0.05, 0) is 12.1 Å². The van der Waals surface area contributed by atoms with Crippen LogP contribution >= 0.6 is 11.8 Å². The molecule has 2 aromatic heterocycles. The fraction of sp³-hybridized carbons (Fsp3) is 0.167. The van der Waals surface area contributed by atoms with Crippen molar-refractivity contribution < 1.29 is 18.4 Å². The van der Waals surface area contributed by atoms with Crippen molar-refractivity contribution in [2.24, 2.45) is 0 Å². The van der Waals surface area contributed by atoms with E-state index >= 15 is 0 Å². The van der Waals surface area contributed by atoms with Crippen LogP contribution < -0.4 is 10.6 Å². The molecule has 0 saturated heterocycles. The maximum atomic E-state index is 11.5. The lowest BCUT2D eigenvalue weighted by Gasteiger charge is -2.03. The number of rotatable bonds is 6. The van der Waals surface area contributed by atoms with E-state index in [4.69, 9.17) is 8.83 Å². The van der Waals surface area contributed by atoms with Gasteiger partial charge in [0.2, 0.25) is 5.91 Å². The summed E-state index contributed by atoms with van der Waals surface area (Å²) in [6, 6.07) is 2.79. The summed E-state index contributed by atoms with van der Waals surface area (Å²) >= 11 is 1.02. The largest absolute Gasteiger partial charge is 0.459 e. The molecule has 0 aliphatic heterocycles. The Morgan fingerprint density at radius 2 is 2.29 bits per heavy atom. The zero-order valence-electron chi connectivity index (χ0n) is 10.9. The van der Waals surface area contributed by atoms with Gasteiger partial charge < -0.3 is 14.2 Å². The monoisotopic (exact) mass is 308 g/mol. The Bertz CT molecular complexity index is 623. The summed E-state index contributed by atoms with van der Waals surface area (Å²) in [7, 11) is 0. The maximum Gasteiger partial charge on any atom is 0.321 e. The molecular formula is C12H12N4O4S. The normalized spacial score (nSPS) is 10.1. The van der Waals surface area contributed by atoms with Crippen LogP contribution in [0, 0.1) is 0 Å². The van der Waals surface area contributed by atoms with Crippen LogP contribution in [0.25, 0.3) is 11.7 Å². The molecule has 9 heteroatoms. The number of urea groups is 1. The lowest BCUT2D eigenvalue weighted by Crippen LogP contribution is -2.40. The second-order valence-electron chi connectivity index (χ2n) is 3.69. The lowest BCUT2D eigenvalue weighted by atomic mass is 10.5. The Morgan fingerprint density at radius 3 is 3.00 bits per heavy atom. The van der Waals surface area contributed by atoms with Gasteiger partial charge in [-0.15, -0.1) is 16.8 Å². The predicted molar refractivity (Wildman–Crippen MR) is 74.5 cm³/mol. The maximum absolute atomic E-state index is 11.5. The van der Waals surface area contributed by atoms with Gasteiger partial charge in [-0.2, -0.15) is 0 Å². The van der Waals surface area contributed by atoms with Gasteiger partial charge in [-0.1, -0.05) is 17.8 Å². The molecule has 2 aromatic rings. The first-order chi connectivity index (χ1) is 10.2. The van der Waals surface area contributed by atoms with Gasteiger partial charge in [0, 0.05) is 6.54 Å². The summed E-state index contributed by atoms with van der Waals surface area (Å²) < 4.78 is 10.4. The van der Waals surface area contributed by atoms with E-state index in [1.54, 1.807) is 12.1 Å². The number of hydrogen-bond donors (Lipinski definition) is 2. The molecule has 0 radical (unpaired) electrons. The number of carbonyl (C=O) groups excluding carboxylic acids is 2. The average Bonchev–Trinajstić information content (AvgIpc) is 3.13. The summed E-state index contributed by atoms with van der Waals surface area (Å²) in [5.74, 6) is 0.176. The zero-order valence-corrected chi connectivity index (χ0v) is 11.7. The molecule has 110 valence electrons. The molecule has 0 saturated carbocycles. The summed E-state index contributed by atoms with van der Waals surface area (Å²) in [5.41, 5.74) is 0. The number of hydrogen-bond acceptors (Lipinski definition) is 7. The van der Waals surface area contributed by atoms with E-state index in [0.29, 0.717) is 5.76 Å². The van der Waals surface area contributed by atoms with Gasteiger partial charge >= 0.3 is 6.03 Å². The molecule has 0 fully saturated rings. The van der Waals surface area contributed by atoms with E-state index in [9.17, 15) is 9.59 Å². The Morgan fingerprint density at radius 1 is 1.43 bits per heavy atom. The van der Waals surface area contributed by atoms with Gasteiger partial charge in [0.25, 0.3) is 11.1 Å². The van der Waals surface area contributed by atoms with Gasteiger partial charge in [0.05, 0.1) is 12.0 Å². The third-order valence-corrected chi connectivity index (χ3v) is 2.94. The molecule has 8 nitrogen and oxygen atoms in total. The van der Waals surface area contributed by atoms with Crippen LogP contribution in [-0.2, 0) is 4.79 Å². The summed E-state index contributed by atoms with van der Waals surface area (Å²) in [6.07, 6.45) is 3.00. The zero-order chi connectivity index (χ0) is 15.1. The van der Waals surface area contributed by atoms with Gasteiger partial charge in [0.1, 0.15) is 0 Å². The minimum Gasteiger partial charge on any atom is -0.459 e. The average molecular weight is 308 g/mol. The topological polar surface area (TPSA) is 110 Å². The lowest BCUT2D eigenvalue weighted by molar-refractivity contribution is -0.117. The van der Waals surface area contributed by atoms with E-state index in [2.05, 4.69) is 27.4 Å². The fourth-order valence-corrected chi connectivity index (χ4v) is 1.83. The summed E-state index contributed by atoms with van der Waals surface area (Å²) in [6.45, 7) is 3.72. The number of nitrogens with zero attached hydrogens (tertiary/aromatic N) is 2. The molecule has 0 aliphatic carbocycles. The van der Waals surface area contributed by atoms with Crippen LogP contribution in [0.5, 0.6) is 0 Å². The Balaban J connectivity index is 1.79. The summed E-state index contributed by atoms with van der Waals surface area (Å²) in [5, 5.41) is 12.3. The first-order valence-electron chi connectivity index (χ1n) is 5.88. The first kappa shape index (κ1) is 14.9. The molecule has 21 heavy (non-hydrogen) atoms. The highest BCUT2D eigenvalue weighted by molar-refractivity contribution is 7.99. The van der Waals surface area contributed by atoms with Crippen LogP contribution in [0.15, 0.2) is 45.1 Å². The molecule has 0 atom stereocenters. The number of furan rings is 1. The molecular weight excluding hydrogens is 296 g/mol. The highest BCUT2D eigenvalue weighted by Gasteiger charge is 2.13. The van der Waals surface area contributed by atoms with Crippen LogP contribution in [0.2, 0.25) is 0 Å². The fourth-order valence-electron chi connectivity index (χ4n) is 1.27. The van der Waals surface area contributed by atoms with Crippen molar-refractivity contribution in [2.45, 2.75) is 5.22 Å². The van der Waals surface area contributed by atoms with Crippen molar-refractivity contribution >= 4 is 23.7 Å². The van der Waals surface area contributed by atoms with Crippen molar-refractivity contribution in [3.8, 4) is 11.7 Å². The van der Waals surface area contributed by atoms with Crippen molar-refractivity contribution in [1.82, 2.24) is 20.8 Å².